The molecule has 118 valence electrons. The molecule has 0 unspecified atom stereocenters. The van der Waals surface area contributed by atoms with E-state index in [1.54, 1.807) is 26.2 Å². The van der Waals surface area contributed by atoms with E-state index in [2.05, 4.69) is 10.6 Å². The van der Waals surface area contributed by atoms with Gasteiger partial charge in [-0.1, -0.05) is 23.7 Å². The summed E-state index contributed by atoms with van der Waals surface area (Å²) in [7, 11) is 1.55. The molecule has 1 aromatic carbocycles. The Hall–Kier alpha value is -1.63. The standard InChI is InChI=1S/C15H17ClN2O3S/c1-9-12(14(19)21-8-7-20-2)13(18-15(22)17-9)10-3-5-11(16)6-4-10/h3-6,13H,7-8H2,1-2H3,(H2,17,18,22)/t13-/m0/s1. The number of ether oxygens (including phenoxy) is 2. The number of thiocarbonyl (C=S) groups is 1. The predicted molar refractivity (Wildman–Crippen MR) is 88.6 cm³/mol. The fourth-order valence-electron chi connectivity index (χ4n) is 2.17. The van der Waals surface area contributed by atoms with Gasteiger partial charge in [0, 0.05) is 17.8 Å². The Balaban J connectivity index is 2.28. The summed E-state index contributed by atoms with van der Waals surface area (Å²) in [5, 5.41) is 7.14. The quantitative estimate of drug-likeness (QED) is 0.487. The molecule has 1 atom stereocenters. The van der Waals surface area contributed by atoms with Crippen LogP contribution in [0.3, 0.4) is 0 Å². The summed E-state index contributed by atoms with van der Waals surface area (Å²) in [4.78, 5) is 12.4. The molecule has 0 aliphatic carbocycles. The van der Waals surface area contributed by atoms with Crippen LogP contribution in [0.15, 0.2) is 35.5 Å². The number of esters is 1. The zero-order valence-electron chi connectivity index (χ0n) is 12.3. The molecule has 0 radical (unpaired) electrons. The Kier molecular flexibility index (Phi) is 5.76. The van der Waals surface area contributed by atoms with Gasteiger partial charge in [0.2, 0.25) is 0 Å². The molecule has 2 rings (SSSR count). The highest BCUT2D eigenvalue weighted by Gasteiger charge is 2.30. The average Bonchev–Trinajstić information content (AvgIpc) is 2.47. The normalized spacial score (nSPS) is 17.8. The highest BCUT2D eigenvalue weighted by molar-refractivity contribution is 7.80. The summed E-state index contributed by atoms with van der Waals surface area (Å²) in [5.41, 5.74) is 2.05. The lowest BCUT2D eigenvalue weighted by Crippen LogP contribution is -2.45. The first-order chi connectivity index (χ1) is 10.5. The average molecular weight is 341 g/mol. The molecule has 0 fully saturated rings. The van der Waals surface area contributed by atoms with Gasteiger partial charge in [0.15, 0.2) is 5.11 Å². The fraction of sp³-hybridized carbons (Fsp3) is 0.333. The Morgan fingerprint density at radius 3 is 2.64 bits per heavy atom. The summed E-state index contributed by atoms with van der Waals surface area (Å²) in [5.74, 6) is -0.406. The third-order valence-corrected chi connectivity index (χ3v) is 3.68. The Labute approximate surface area is 139 Å². The number of carbonyl (C=O) groups excluding carboxylic acids is 1. The molecular formula is C15H17ClN2O3S. The molecule has 1 aliphatic rings. The van der Waals surface area contributed by atoms with Crippen molar-refractivity contribution in [3.63, 3.8) is 0 Å². The van der Waals surface area contributed by atoms with E-state index >= 15 is 0 Å². The van der Waals surface area contributed by atoms with E-state index in [1.807, 2.05) is 12.1 Å². The van der Waals surface area contributed by atoms with Crippen LogP contribution in [0.5, 0.6) is 0 Å². The minimum absolute atomic E-state index is 0.198. The first-order valence-corrected chi connectivity index (χ1v) is 7.51. The van der Waals surface area contributed by atoms with E-state index in [1.165, 1.54) is 0 Å². The van der Waals surface area contributed by atoms with Gasteiger partial charge in [-0.15, -0.1) is 0 Å². The molecule has 0 bridgehead atoms. The van der Waals surface area contributed by atoms with Gasteiger partial charge in [-0.2, -0.15) is 0 Å². The maximum absolute atomic E-state index is 12.4. The maximum atomic E-state index is 12.4. The van der Waals surface area contributed by atoms with Crippen molar-refractivity contribution in [2.24, 2.45) is 0 Å². The molecule has 22 heavy (non-hydrogen) atoms. The number of allylic oxidation sites excluding steroid dienone is 1. The molecule has 0 saturated carbocycles. The number of methoxy groups -OCH3 is 1. The molecule has 7 heteroatoms. The van der Waals surface area contributed by atoms with Crippen LogP contribution >= 0.6 is 23.8 Å². The number of halogens is 1. The minimum atomic E-state index is -0.406. The van der Waals surface area contributed by atoms with Crippen molar-refractivity contribution in [2.45, 2.75) is 13.0 Å². The maximum Gasteiger partial charge on any atom is 0.338 e. The molecule has 0 aromatic heterocycles. The van der Waals surface area contributed by atoms with Crippen molar-refractivity contribution in [3.05, 3.63) is 46.1 Å². The predicted octanol–water partition coefficient (Wildman–Crippen LogP) is 2.32. The number of rotatable bonds is 5. The zero-order chi connectivity index (χ0) is 16.1. The summed E-state index contributed by atoms with van der Waals surface area (Å²) < 4.78 is 10.1. The van der Waals surface area contributed by atoms with Gasteiger partial charge in [0.25, 0.3) is 0 Å². The van der Waals surface area contributed by atoms with Crippen LogP contribution in [0, 0.1) is 0 Å². The first-order valence-electron chi connectivity index (χ1n) is 6.72. The molecule has 1 aliphatic heterocycles. The van der Waals surface area contributed by atoms with Crippen molar-refractivity contribution in [2.75, 3.05) is 20.3 Å². The van der Waals surface area contributed by atoms with Gasteiger partial charge >= 0.3 is 5.97 Å². The summed E-state index contributed by atoms with van der Waals surface area (Å²) >= 11 is 11.1. The van der Waals surface area contributed by atoms with E-state index in [-0.39, 0.29) is 12.6 Å². The zero-order valence-corrected chi connectivity index (χ0v) is 13.9. The molecular weight excluding hydrogens is 324 g/mol. The SMILES string of the molecule is COCCOC(=O)C1=C(C)NC(=S)N[C@H]1c1ccc(Cl)cc1. The Morgan fingerprint density at radius 1 is 1.32 bits per heavy atom. The number of carbonyl (C=O) groups is 1. The lowest BCUT2D eigenvalue weighted by molar-refractivity contribution is -0.140. The molecule has 0 amide bonds. The topological polar surface area (TPSA) is 59.6 Å². The van der Waals surface area contributed by atoms with Crippen molar-refractivity contribution in [1.82, 2.24) is 10.6 Å². The number of hydrogen-bond acceptors (Lipinski definition) is 4. The van der Waals surface area contributed by atoms with E-state index in [0.29, 0.717) is 28.0 Å². The van der Waals surface area contributed by atoms with Gasteiger partial charge in [-0.3, -0.25) is 0 Å². The second-order valence-corrected chi connectivity index (χ2v) is 5.60. The van der Waals surface area contributed by atoms with Gasteiger partial charge in [-0.25, -0.2) is 4.79 Å². The van der Waals surface area contributed by atoms with Crippen molar-refractivity contribution in [1.29, 1.82) is 0 Å². The van der Waals surface area contributed by atoms with E-state index < -0.39 is 5.97 Å². The van der Waals surface area contributed by atoms with E-state index in [0.717, 1.165) is 5.56 Å². The Morgan fingerprint density at radius 2 is 2.00 bits per heavy atom. The second-order valence-electron chi connectivity index (χ2n) is 4.75. The summed E-state index contributed by atoms with van der Waals surface area (Å²) in [6.07, 6.45) is 0. The van der Waals surface area contributed by atoms with Crippen LogP contribution in [0.4, 0.5) is 0 Å². The van der Waals surface area contributed by atoms with Crippen LogP contribution in [0.2, 0.25) is 5.02 Å². The number of benzene rings is 1. The van der Waals surface area contributed by atoms with Gasteiger partial charge < -0.3 is 20.1 Å². The van der Waals surface area contributed by atoms with Crippen molar-refractivity contribution in [3.8, 4) is 0 Å². The molecule has 1 heterocycles. The van der Waals surface area contributed by atoms with Crippen LogP contribution in [-0.2, 0) is 14.3 Å². The number of nitrogens with one attached hydrogen (secondary N) is 2. The smallest absolute Gasteiger partial charge is 0.338 e. The van der Waals surface area contributed by atoms with Crippen molar-refractivity contribution < 1.29 is 14.3 Å². The van der Waals surface area contributed by atoms with E-state index in [9.17, 15) is 4.79 Å². The number of hydrogen-bond donors (Lipinski definition) is 2. The van der Waals surface area contributed by atoms with Gasteiger partial charge in [-0.05, 0) is 36.8 Å². The fourth-order valence-corrected chi connectivity index (χ4v) is 2.56. The highest BCUT2D eigenvalue weighted by Crippen LogP contribution is 2.28. The van der Waals surface area contributed by atoms with E-state index in [4.69, 9.17) is 33.3 Å². The molecule has 0 spiro atoms. The monoisotopic (exact) mass is 340 g/mol. The van der Waals surface area contributed by atoms with Crippen LogP contribution in [-0.4, -0.2) is 31.4 Å². The third kappa shape index (κ3) is 3.97. The second kappa shape index (κ2) is 7.58. The molecule has 2 N–H and O–H groups in total. The van der Waals surface area contributed by atoms with Gasteiger partial charge in [0.05, 0.1) is 18.2 Å². The highest BCUT2D eigenvalue weighted by atomic mass is 35.5. The van der Waals surface area contributed by atoms with Crippen molar-refractivity contribution >= 4 is 34.9 Å². The van der Waals surface area contributed by atoms with Gasteiger partial charge in [0.1, 0.15) is 6.61 Å². The molecule has 5 nitrogen and oxygen atoms in total. The van der Waals surface area contributed by atoms with Crippen LogP contribution in [0.25, 0.3) is 0 Å². The van der Waals surface area contributed by atoms with Crippen LogP contribution < -0.4 is 10.6 Å². The van der Waals surface area contributed by atoms with Crippen LogP contribution in [0.1, 0.15) is 18.5 Å². The lowest BCUT2D eigenvalue weighted by Gasteiger charge is -2.29. The molecule has 1 aromatic rings. The Bertz CT molecular complexity index is 601. The largest absolute Gasteiger partial charge is 0.460 e. The minimum Gasteiger partial charge on any atom is -0.460 e. The third-order valence-electron chi connectivity index (χ3n) is 3.21. The summed E-state index contributed by atoms with van der Waals surface area (Å²) in [6, 6.07) is 6.87. The summed E-state index contributed by atoms with van der Waals surface area (Å²) in [6.45, 7) is 2.34. The lowest BCUT2D eigenvalue weighted by atomic mass is 9.96. The molecule has 0 saturated heterocycles. The first kappa shape index (κ1) is 16.7.